The molecule has 0 aliphatic rings. The van der Waals surface area contributed by atoms with E-state index in [-0.39, 0.29) is 6.54 Å². The lowest BCUT2D eigenvalue weighted by atomic mass is 10.2. The lowest BCUT2D eigenvalue weighted by Gasteiger charge is -2.18. The van der Waals surface area contributed by atoms with Gasteiger partial charge in [0.25, 0.3) is 0 Å². The summed E-state index contributed by atoms with van der Waals surface area (Å²) in [5.74, 6) is 4.06. The second-order valence-corrected chi connectivity index (χ2v) is 4.04. The molecule has 0 amide bonds. The highest BCUT2D eigenvalue weighted by Gasteiger charge is 2.06. The molecule has 0 unspecified atom stereocenters. The summed E-state index contributed by atoms with van der Waals surface area (Å²) in [6, 6.07) is 12.3. The fraction of sp³-hybridized carbons (Fsp3) is 0.0714. The molecule has 0 bridgehead atoms. The quantitative estimate of drug-likeness (QED) is 0.681. The molecule has 2 N–H and O–H groups in total. The number of hydrogen-bond donors (Lipinski definition) is 1. The topological polar surface area (TPSA) is 53.0 Å². The summed E-state index contributed by atoms with van der Waals surface area (Å²) in [6.45, 7) is 0.239. The summed E-state index contributed by atoms with van der Waals surface area (Å²) >= 11 is 0. The summed E-state index contributed by atoms with van der Waals surface area (Å²) in [6.07, 6.45) is 0. The Morgan fingerprint density at radius 1 is 1.05 bits per heavy atom. The molecule has 0 radical (unpaired) electrons. The summed E-state index contributed by atoms with van der Waals surface area (Å²) in [5.41, 5.74) is 1.78. The lowest BCUT2D eigenvalue weighted by molar-refractivity contribution is 0.507. The highest BCUT2D eigenvalue weighted by atomic mass is 19.2. The standard InChI is InChI=1S/C14H11F2N3/c15-13-6-3-11(7-14(13)16)9-19(18)12-4-1-10(8-17)2-5-12/h1-7H,9,18H2. The number of nitriles is 1. The van der Waals surface area contributed by atoms with E-state index in [0.717, 1.165) is 12.1 Å². The van der Waals surface area contributed by atoms with E-state index in [0.29, 0.717) is 16.8 Å². The Balaban J connectivity index is 2.13. The Labute approximate surface area is 109 Å². The molecule has 0 fully saturated rings. The molecule has 0 aliphatic heterocycles. The maximum Gasteiger partial charge on any atom is 0.159 e. The predicted molar refractivity (Wildman–Crippen MR) is 67.9 cm³/mol. The minimum atomic E-state index is -0.897. The van der Waals surface area contributed by atoms with Crippen LogP contribution in [0, 0.1) is 23.0 Å². The molecule has 96 valence electrons. The number of rotatable bonds is 3. The number of hydrogen-bond acceptors (Lipinski definition) is 3. The Hall–Kier alpha value is -2.45. The third-order valence-electron chi connectivity index (χ3n) is 2.66. The van der Waals surface area contributed by atoms with E-state index < -0.39 is 11.6 Å². The molecule has 0 heterocycles. The average molecular weight is 259 g/mol. The molecule has 0 saturated heterocycles. The zero-order valence-corrected chi connectivity index (χ0v) is 9.98. The van der Waals surface area contributed by atoms with Crippen LogP contribution in [-0.2, 0) is 6.54 Å². The molecular formula is C14H11F2N3. The van der Waals surface area contributed by atoms with Crippen LogP contribution in [0.15, 0.2) is 42.5 Å². The number of nitrogens with two attached hydrogens (primary N) is 1. The molecule has 0 spiro atoms. The van der Waals surface area contributed by atoms with Gasteiger partial charge in [-0.1, -0.05) is 6.07 Å². The van der Waals surface area contributed by atoms with Gasteiger partial charge in [0, 0.05) is 0 Å². The Morgan fingerprint density at radius 3 is 2.32 bits per heavy atom. The van der Waals surface area contributed by atoms with E-state index in [1.54, 1.807) is 24.3 Å². The molecule has 3 nitrogen and oxygen atoms in total. The van der Waals surface area contributed by atoms with Crippen molar-refractivity contribution in [3.8, 4) is 6.07 Å². The summed E-state index contributed by atoms with van der Waals surface area (Å²) in [5, 5.41) is 10.1. The van der Waals surface area contributed by atoms with Crippen molar-refractivity contribution in [2.45, 2.75) is 6.54 Å². The molecule has 2 rings (SSSR count). The van der Waals surface area contributed by atoms with Crippen LogP contribution in [0.1, 0.15) is 11.1 Å². The second-order valence-electron chi connectivity index (χ2n) is 4.04. The highest BCUT2D eigenvalue weighted by molar-refractivity contribution is 5.48. The van der Waals surface area contributed by atoms with Gasteiger partial charge in [-0.3, -0.25) is 0 Å². The van der Waals surface area contributed by atoms with Crippen molar-refractivity contribution in [3.05, 3.63) is 65.2 Å². The number of nitrogens with zero attached hydrogens (tertiary/aromatic N) is 2. The smallest absolute Gasteiger partial charge is 0.159 e. The Morgan fingerprint density at radius 2 is 1.74 bits per heavy atom. The maximum atomic E-state index is 13.1. The van der Waals surface area contributed by atoms with E-state index >= 15 is 0 Å². The van der Waals surface area contributed by atoms with Crippen molar-refractivity contribution in [3.63, 3.8) is 0 Å². The number of halogens is 2. The Kier molecular flexibility index (Phi) is 3.74. The van der Waals surface area contributed by atoms with Crippen molar-refractivity contribution < 1.29 is 8.78 Å². The number of benzene rings is 2. The van der Waals surface area contributed by atoms with E-state index in [4.69, 9.17) is 11.1 Å². The zero-order valence-electron chi connectivity index (χ0n) is 9.98. The van der Waals surface area contributed by atoms with Crippen LogP contribution in [0.2, 0.25) is 0 Å². The van der Waals surface area contributed by atoms with E-state index in [9.17, 15) is 8.78 Å². The van der Waals surface area contributed by atoms with E-state index in [2.05, 4.69) is 0 Å². The van der Waals surface area contributed by atoms with Gasteiger partial charge in [0.1, 0.15) is 0 Å². The monoisotopic (exact) mass is 259 g/mol. The maximum absolute atomic E-state index is 13.1. The van der Waals surface area contributed by atoms with Gasteiger partial charge in [0.2, 0.25) is 0 Å². The molecule has 0 aliphatic carbocycles. The molecular weight excluding hydrogens is 248 g/mol. The fourth-order valence-corrected chi connectivity index (χ4v) is 1.65. The van der Waals surface area contributed by atoms with Gasteiger partial charge in [-0.15, -0.1) is 0 Å². The molecule has 0 atom stereocenters. The minimum absolute atomic E-state index is 0.239. The van der Waals surface area contributed by atoms with Crippen molar-refractivity contribution >= 4 is 5.69 Å². The first kappa shape index (κ1) is 13.0. The van der Waals surface area contributed by atoms with Crippen molar-refractivity contribution in [1.82, 2.24) is 0 Å². The fourth-order valence-electron chi connectivity index (χ4n) is 1.65. The van der Waals surface area contributed by atoms with Crippen LogP contribution in [0.3, 0.4) is 0 Å². The largest absolute Gasteiger partial charge is 0.307 e. The normalized spacial score (nSPS) is 10.0. The van der Waals surface area contributed by atoms with Crippen molar-refractivity contribution in [2.75, 3.05) is 5.01 Å². The minimum Gasteiger partial charge on any atom is -0.307 e. The molecule has 0 saturated carbocycles. The van der Waals surface area contributed by atoms with Gasteiger partial charge in [-0.25, -0.2) is 14.6 Å². The first-order chi connectivity index (χ1) is 9.10. The van der Waals surface area contributed by atoms with Crippen LogP contribution < -0.4 is 10.9 Å². The zero-order chi connectivity index (χ0) is 13.8. The molecule has 5 heteroatoms. The lowest BCUT2D eigenvalue weighted by Crippen LogP contribution is -2.30. The van der Waals surface area contributed by atoms with E-state index in [1.165, 1.54) is 11.1 Å². The van der Waals surface area contributed by atoms with Crippen LogP contribution in [-0.4, -0.2) is 0 Å². The van der Waals surface area contributed by atoms with Gasteiger partial charge in [-0.2, -0.15) is 5.26 Å². The second kappa shape index (κ2) is 5.46. The van der Waals surface area contributed by atoms with Gasteiger partial charge in [-0.05, 0) is 42.0 Å². The van der Waals surface area contributed by atoms with Crippen molar-refractivity contribution in [1.29, 1.82) is 5.26 Å². The van der Waals surface area contributed by atoms with Crippen LogP contribution in [0.5, 0.6) is 0 Å². The first-order valence-electron chi connectivity index (χ1n) is 5.56. The van der Waals surface area contributed by atoms with Gasteiger partial charge >= 0.3 is 0 Å². The van der Waals surface area contributed by atoms with Crippen molar-refractivity contribution in [2.24, 2.45) is 5.84 Å². The Bertz CT molecular complexity index is 618. The third-order valence-corrected chi connectivity index (χ3v) is 2.66. The number of anilines is 1. The van der Waals surface area contributed by atoms with E-state index in [1.807, 2.05) is 6.07 Å². The summed E-state index contributed by atoms with van der Waals surface area (Å²) < 4.78 is 25.9. The van der Waals surface area contributed by atoms with Crippen LogP contribution in [0.25, 0.3) is 0 Å². The molecule has 2 aromatic rings. The van der Waals surface area contributed by atoms with Gasteiger partial charge in [0.15, 0.2) is 11.6 Å². The van der Waals surface area contributed by atoms with Gasteiger partial charge in [0.05, 0.1) is 23.9 Å². The third kappa shape index (κ3) is 3.06. The summed E-state index contributed by atoms with van der Waals surface area (Å²) in [4.78, 5) is 0. The SMILES string of the molecule is N#Cc1ccc(N(N)Cc2ccc(F)c(F)c2)cc1. The van der Waals surface area contributed by atoms with Crippen LogP contribution in [0.4, 0.5) is 14.5 Å². The summed E-state index contributed by atoms with van der Waals surface area (Å²) in [7, 11) is 0. The molecule has 0 aromatic heterocycles. The molecule has 19 heavy (non-hydrogen) atoms. The molecule has 2 aromatic carbocycles. The average Bonchev–Trinajstić information content (AvgIpc) is 2.43. The van der Waals surface area contributed by atoms with Crippen LogP contribution >= 0.6 is 0 Å². The highest BCUT2D eigenvalue weighted by Crippen LogP contribution is 2.16. The predicted octanol–water partition coefficient (Wildman–Crippen LogP) is 2.72. The first-order valence-corrected chi connectivity index (χ1v) is 5.56. The number of hydrazine groups is 1. The van der Waals surface area contributed by atoms with Gasteiger partial charge < -0.3 is 5.01 Å².